The molecule has 0 aromatic rings. The Kier molecular flexibility index (Phi) is 4.05. The van der Waals surface area contributed by atoms with Crippen molar-refractivity contribution >= 4 is 6.16 Å². The first-order valence-corrected chi connectivity index (χ1v) is 3.43. The van der Waals surface area contributed by atoms with E-state index < -0.39 is 33.3 Å². The Labute approximate surface area is 86.2 Å². The van der Waals surface area contributed by atoms with Gasteiger partial charge < -0.3 is 9.47 Å². The molecule has 12 heteroatoms. The summed E-state index contributed by atoms with van der Waals surface area (Å²) in [5.74, 6) is -3.83. The molecule has 0 radical (unpaired) electrons. The lowest BCUT2D eigenvalue weighted by Crippen LogP contribution is -2.57. The Morgan fingerprint density at radius 2 is 1.50 bits per heavy atom. The highest BCUT2D eigenvalue weighted by molar-refractivity contribution is 5.59. The van der Waals surface area contributed by atoms with E-state index in [-0.39, 0.29) is 0 Å². The number of methoxy groups -OCH3 is 1. The Morgan fingerprint density at radius 1 is 1.12 bits per heavy atom. The monoisotopic (exact) mass is 239 g/mol. The zero-order valence-electron chi connectivity index (χ0n) is 7.72. The molecule has 0 saturated carbocycles. The smallest absolute Gasteiger partial charge is 0.438 e. The summed E-state index contributed by atoms with van der Waals surface area (Å²) in [6, 6.07) is 0. The Hall–Kier alpha value is -2.53. The van der Waals surface area contributed by atoms with Gasteiger partial charge in [0, 0.05) is 0 Å². The highest BCUT2D eigenvalue weighted by Gasteiger charge is 2.72. The van der Waals surface area contributed by atoms with Gasteiger partial charge in [-0.1, -0.05) is 0 Å². The second-order valence-electron chi connectivity index (χ2n) is 2.29. The molecular weight excluding hydrogens is 234 g/mol. The molecule has 0 spiro atoms. The van der Waals surface area contributed by atoms with E-state index >= 15 is 0 Å². The molecule has 0 rings (SSSR count). The third-order valence-corrected chi connectivity index (χ3v) is 1.43. The number of nitro groups is 3. The van der Waals surface area contributed by atoms with Gasteiger partial charge in [0.1, 0.15) is 0 Å². The van der Waals surface area contributed by atoms with Crippen molar-refractivity contribution in [3.63, 3.8) is 0 Å². The highest BCUT2D eigenvalue weighted by Crippen LogP contribution is 2.13. The highest BCUT2D eigenvalue weighted by atomic mass is 16.8. The van der Waals surface area contributed by atoms with Crippen LogP contribution in [0.4, 0.5) is 4.79 Å². The van der Waals surface area contributed by atoms with E-state index in [1.807, 2.05) is 0 Å². The zero-order valence-corrected chi connectivity index (χ0v) is 7.72. The molecule has 16 heavy (non-hydrogen) atoms. The first-order valence-electron chi connectivity index (χ1n) is 3.43. The number of ether oxygens (including phenoxy) is 2. The quantitative estimate of drug-likeness (QED) is 0.259. The lowest BCUT2D eigenvalue weighted by molar-refractivity contribution is -0.970. The Bertz CT molecular complexity index is 302. The van der Waals surface area contributed by atoms with Crippen LogP contribution >= 0.6 is 0 Å². The van der Waals surface area contributed by atoms with E-state index in [4.69, 9.17) is 0 Å². The van der Waals surface area contributed by atoms with Crippen molar-refractivity contribution in [2.75, 3.05) is 13.7 Å². The van der Waals surface area contributed by atoms with Crippen LogP contribution in [0, 0.1) is 30.3 Å². The van der Waals surface area contributed by atoms with Crippen molar-refractivity contribution in [1.82, 2.24) is 0 Å². The van der Waals surface area contributed by atoms with Crippen molar-refractivity contribution in [1.29, 1.82) is 0 Å². The minimum Gasteiger partial charge on any atom is -0.438 e. The van der Waals surface area contributed by atoms with Gasteiger partial charge in [0.2, 0.25) is 0 Å². The molecule has 12 nitrogen and oxygen atoms in total. The van der Waals surface area contributed by atoms with Gasteiger partial charge in [-0.2, -0.15) is 0 Å². The molecular formula is C4H5N3O9. The van der Waals surface area contributed by atoms with Gasteiger partial charge in [0.25, 0.3) is 0 Å². The topological polar surface area (TPSA) is 165 Å². The fourth-order valence-corrected chi connectivity index (χ4v) is 0.573. The van der Waals surface area contributed by atoms with E-state index in [0.29, 0.717) is 0 Å². The molecule has 0 aliphatic rings. The number of hydrogen-bond acceptors (Lipinski definition) is 9. The fraction of sp³-hybridized carbons (Fsp3) is 0.750. The van der Waals surface area contributed by atoms with Gasteiger partial charge in [-0.15, -0.1) is 0 Å². The van der Waals surface area contributed by atoms with Crippen LogP contribution in [0.2, 0.25) is 0 Å². The van der Waals surface area contributed by atoms with E-state index in [0.717, 1.165) is 7.11 Å². The van der Waals surface area contributed by atoms with Gasteiger partial charge in [0.05, 0.1) is 7.11 Å². The van der Waals surface area contributed by atoms with Crippen molar-refractivity contribution in [3.05, 3.63) is 30.3 Å². The van der Waals surface area contributed by atoms with E-state index in [1.54, 1.807) is 0 Å². The van der Waals surface area contributed by atoms with Crippen LogP contribution in [-0.2, 0) is 9.47 Å². The summed E-state index contributed by atoms with van der Waals surface area (Å²) in [5.41, 5.74) is 0. The van der Waals surface area contributed by atoms with Crippen LogP contribution in [0.25, 0.3) is 0 Å². The first kappa shape index (κ1) is 13.5. The minimum atomic E-state index is -3.83. The molecule has 90 valence electrons. The summed E-state index contributed by atoms with van der Waals surface area (Å²) in [4.78, 5) is 36.0. The average molecular weight is 239 g/mol. The lowest BCUT2D eigenvalue weighted by atomic mass is 10.4. The molecule has 0 atom stereocenters. The Balaban J connectivity index is 5.07. The van der Waals surface area contributed by atoms with E-state index in [9.17, 15) is 35.1 Å². The predicted octanol–water partition coefficient (Wildman–Crippen LogP) is -0.747. The number of rotatable bonds is 5. The molecule has 0 aromatic carbocycles. The van der Waals surface area contributed by atoms with Crippen LogP contribution in [0.1, 0.15) is 0 Å². The van der Waals surface area contributed by atoms with Crippen molar-refractivity contribution in [2.24, 2.45) is 0 Å². The standard InChI is InChI=1S/C4H5N3O9/c1-15-3(8)16-2-4(5(9)10,6(11)12)7(13)14/h2H2,1H3. The molecule has 0 unspecified atom stereocenters. The number of carbonyl (C=O) groups excluding carboxylic acids is 1. The number of carbonyl (C=O) groups is 1. The SMILES string of the molecule is COC(=O)OCC([N+](=O)[O-])([N+](=O)[O-])[N+](=O)[O-]. The summed E-state index contributed by atoms with van der Waals surface area (Å²) in [7, 11) is 0.828. The normalized spacial score (nSPS) is 10.3. The molecule has 0 N–H and O–H groups in total. The second-order valence-corrected chi connectivity index (χ2v) is 2.29. The summed E-state index contributed by atoms with van der Waals surface area (Å²) in [6.07, 6.45) is -1.50. The van der Waals surface area contributed by atoms with Crippen LogP contribution in [-0.4, -0.2) is 40.4 Å². The first-order chi connectivity index (χ1) is 7.28. The summed E-state index contributed by atoms with van der Waals surface area (Å²) < 4.78 is 7.71. The van der Waals surface area contributed by atoms with E-state index in [1.165, 1.54) is 0 Å². The fourth-order valence-electron chi connectivity index (χ4n) is 0.573. The predicted molar refractivity (Wildman–Crippen MR) is 42.1 cm³/mol. The summed E-state index contributed by atoms with van der Waals surface area (Å²) >= 11 is 0. The molecule has 0 heterocycles. The Morgan fingerprint density at radius 3 is 1.75 bits per heavy atom. The molecule has 0 amide bonds. The van der Waals surface area contributed by atoms with Gasteiger partial charge in [0.15, 0.2) is 14.8 Å². The third kappa shape index (κ3) is 2.28. The second kappa shape index (κ2) is 4.81. The van der Waals surface area contributed by atoms with Gasteiger partial charge in [-0.25, -0.2) is 4.79 Å². The molecule has 0 aromatic heterocycles. The molecule has 0 aliphatic carbocycles. The van der Waals surface area contributed by atoms with Gasteiger partial charge >= 0.3 is 18.5 Å². The molecule has 0 saturated heterocycles. The molecule has 0 bridgehead atoms. The number of nitrogens with zero attached hydrogens (tertiary/aromatic N) is 3. The molecule has 0 fully saturated rings. The number of hydrogen-bond donors (Lipinski definition) is 0. The maximum atomic E-state index is 10.4. The largest absolute Gasteiger partial charge is 0.734 e. The molecule has 0 aliphatic heterocycles. The van der Waals surface area contributed by atoms with Gasteiger partial charge in [-0.3, -0.25) is 30.3 Å². The summed E-state index contributed by atoms with van der Waals surface area (Å²) in [5, 5.41) is 30.9. The van der Waals surface area contributed by atoms with Crippen molar-refractivity contribution in [3.8, 4) is 0 Å². The van der Waals surface area contributed by atoms with Crippen LogP contribution in [0.15, 0.2) is 0 Å². The average Bonchev–Trinajstić information content (AvgIpc) is 2.16. The van der Waals surface area contributed by atoms with Gasteiger partial charge in [-0.05, 0) is 0 Å². The van der Waals surface area contributed by atoms with Crippen molar-refractivity contribution < 1.29 is 29.0 Å². The summed E-state index contributed by atoms with van der Waals surface area (Å²) in [6.45, 7) is -1.67. The van der Waals surface area contributed by atoms with Crippen LogP contribution in [0.3, 0.4) is 0 Å². The van der Waals surface area contributed by atoms with Crippen molar-refractivity contribution in [2.45, 2.75) is 5.79 Å². The lowest BCUT2D eigenvalue weighted by Gasteiger charge is -2.08. The van der Waals surface area contributed by atoms with Crippen LogP contribution < -0.4 is 0 Å². The van der Waals surface area contributed by atoms with E-state index in [2.05, 4.69) is 9.47 Å². The van der Waals surface area contributed by atoms with Crippen LogP contribution in [0.5, 0.6) is 0 Å². The zero-order chi connectivity index (χ0) is 12.9. The minimum absolute atomic E-state index is 0.828. The third-order valence-electron chi connectivity index (χ3n) is 1.43. The maximum absolute atomic E-state index is 10.4. The maximum Gasteiger partial charge on any atom is 0.734 e.